The molecular formula is C24H17BrINO4. The number of halogens is 2. The molecule has 31 heavy (non-hydrogen) atoms. The fourth-order valence-electron chi connectivity index (χ4n) is 3.02. The Morgan fingerprint density at radius 2 is 1.90 bits per heavy atom. The third-order valence-electron chi connectivity index (χ3n) is 4.47. The summed E-state index contributed by atoms with van der Waals surface area (Å²) in [7, 11) is 1.59. The molecule has 3 aromatic carbocycles. The molecule has 0 N–H and O–H groups in total. The van der Waals surface area contributed by atoms with E-state index in [4.69, 9.17) is 14.2 Å². The van der Waals surface area contributed by atoms with Gasteiger partial charge in [-0.1, -0.05) is 46.3 Å². The van der Waals surface area contributed by atoms with Gasteiger partial charge >= 0.3 is 5.97 Å². The van der Waals surface area contributed by atoms with Crippen LogP contribution in [0.15, 0.2) is 81.9 Å². The molecule has 156 valence electrons. The molecule has 0 aromatic heterocycles. The van der Waals surface area contributed by atoms with E-state index in [0.29, 0.717) is 24.0 Å². The van der Waals surface area contributed by atoms with Crippen molar-refractivity contribution in [2.75, 3.05) is 7.11 Å². The smallest absolute Gasteiger partial charge is 0.363 e. The highest BCUT2D eigenvalue weighted by Crippen LogP contribution is 2.35. The van der Waals surface area contributed by atoms with E-state index in [2.05, 4.69) is 43.5 Å². The van der Waals surface area contributed by atoms with E-state index in [1.54, 1.807) is 13.2 Å². The van der Waals surface area contributed by atoms with Gasteiger partial charge in [0.25, 0.3) is 0 Å². The van der Waals surface area contributed by atoms with Gasteiger partial charge in [-0.05, 0) is 76.2 Å². The number of methoxy groups -OCH3 is 1. The Morgan fingerprint density at radius 3 is 2.65 bits per heavy atom. The van der Waals surface area contributed by atoms with Gasteiger partial charge in [0, 0.05) is 10.0 Å². The summed E-state index contributed by atoms with van der Waals surface area (Å²) in [5, 5.41) is 0. The van der Waals surface area contributed by atoms with Crippen LogP contribution in [0.5, 0.6) is 11.5 Å². The highest BCUT2D eigenvalue weighted by Gasteiger charge is 2.24. The number of aliphatic imine (C=N–C) groups is 1. The first-order chi connectivity index (χ1) is 15.0. The Morgan fingerprint density at radius 1 is 1.10 bits per heavy atom. The van der Waals surface area contributed by atoms with Crippen molar-refractivity contribution in [3.05, 3.63) is 97.2 Å². The summed E-state index contributed by atoms with van der Waals surface area (Å²) in [4.78, 5) is 16.6. The molecule has 0 saturated carbocycles. The first-order valence-electron chi connectivity index (χ1n) is 9.36. The monoisotopic (exact) mass is 589 g/mol. The zero-order chi connectivity index (χ0) is 21.8. The van der Waals surface area contributed by atoms with E-state index in [0.717, 1.165) is 24.7 Å². The second kappa shape index (κ2) is 9.65. The lowest BCUT2D eigenvalue weighted by molar-refractivity contribution is -0.129. The van der Waals surface area contributed by atoms with Gasteiger partial charge in [0.2, 0.25) is 5.90 Å². The molecule has 5 nitrogen and oxygen atoms in total. The molecule has 0 spiro atoms. The number of nitrogens with zero attached hydrogens (tertiary/aromatic N) is 1. The van der Waals surface area contributed by atoms with E-state index >= 15 is 0 Å². The number of carbonyl (C=O) groups excluding carboxylic acids is 1. The first-order valence-corrected chi connectivity index (χ1v) is 11.2. The molecular weight excluding hydrogens is 573 g/mol. The topological polar surface area (TPSA) is 57.1 Å². The molecule has 7 heteroatoms. The maximum atomic E-state index is 12.3. The van der Waals surface area contributed by atoms with Gasteiger partial charge in [-0.3, -0.25) is 0 Å². The molecule has 0 unspecified atom stereocenters. The lowest BCUT2D eigenvalue weighted by Crippen LogP contribution is -2.05. The van der Waals surface area contributed by atoms with Gasteiger partial charge in [-0.15, -0.1) is 0 Å². The summed E-state index contributed by atoms with van der Waals surface area (Å²) >= 11 is 5.66. The maximum absolute atomic E-state index is 12.3. The molecule has 1 aliphatic heterocycles. The number of hydrogen-bond donors (Lipinski definition) is 0. The molecule has 0 fully saturated rings. The van der Waals surface area contributed by atoms with E-state index < -0.39 is 5.97 Å². The average Bonchev–Trinajstić information content (AvgIpc) is 3.13. The van der Waals surface area contributed by atoms with E-state index in [-0.39, 0.29) is 5.70 Å². The highest BCUT2D eigenvalue weighted by molar-refractivity contribution is 14.1. The van der Waals surface area contributed by atoms with Crippen molar-refractivity contribution in [1.82, 2.24) is 0 Å². The van der Waals surface area contributed by atoms with Crippen molar-refractivity contribution in [3.63, 3.8) is 0 Å². The molecule has 0 bridgehead atoms. The number of esters is 1. The van der Waals surface area contributed by atoms with Crippen molar-refractivity contribution in [3.8, 4) is 11.5 Å². The first kappa shape index (κ1) is 21.6. The van der Waals surface area contributed by atoms with E-state index in [1.165, 1.54) is 0 Å². The van der Waals surface area contributed by atoms with Crippen LogP contribution in [0, 0.1) is 3.57 Å². The van der Waals surface area contributed by atoms with Gasteiger partial charge in [0.15, 0.2) is 17.2 Å². The van der Waals surface area contributed by atoms with Crippen LogP contribution in [0.2, 0.25) is 0 Å². The third kappa shape index (κ3) is 5.16. The van der Waals surface area contributed by atoms with E-state index in [9.17, 15) is 4.79 Å². The molecule has 0 saturated heterocycles. The van der Waals surface area contributed by atoms with Gasteiger partial charge in [-0.25, -0.2) is 9.79 Å². The SMILES string of the molecule is COc1cc(/C=C2\N=C(c3ccccc3)OC2=O)cc(I)c1OCc1cccc(Br)c1. The van der Waals surface area contributed by atoms with Gasteiger partial charge in [-0.2, -0.15) is 0 Å². The second-order valence-corrected chi connectivity index (χ2v) is 8.73. The predicted molar refractivity (Wildman–Crippen MR) is 131 cm³/mol. The summed E-state index contributed by atoms with van der Waals surface area (Å²) < 4.78 is 18.7. The largest absolute Gasteiger partial charge is 0.493 e. The summed E-state index contributed by atoms with van der Waals surface area (Å²) in [6.07, 6.45) is 1.68. The Balaban J connectivity index is 1.59. The summed E-state index contributed by atoms with van der Waals surface area (Å²) in [6, 6.07) is 21.0. The Hall–Kier alpha value is -2.65. The molecule has 1 heterocycles. The minimum absolute atomic E-state index is 0.236. The highest BCUT2D eigenvalue weighted by atomic mass is 127. The Kier molecular flexibility index (Phi) is 6.72. The molecule has 0 atom stereocenters. The number of carbonyl (C=O) groups is 1. The van der Waals surface area contributed by atoms with Crippen LogP contribution in [0.3, 0.4) is 0 Å². The number of benzene rings is 3. The van der Waals surface area contributed by atoms with Crippen LogP contribution in [-0.4, -0.2) is 19.0 Å². The normalized spacial score (nSPS) is 14.4. The van der Waals surface area contributed by atoms with Crippen LogP contribution >= 0.6 is 38.5 Å². The summed E-state index contributed by atoms with van der Waals surface area (Å²) in [6.45, 7) is 0.406. The van der Waals surface area contributed by atoms with Gasteiger partial charge in [0.1, 0.15) is 6.61 Å². The fourth-order valence-corrected chi connectivity index (χ4v) is 4.24. The number of ether oxygens (including phenoxy) is 3. The fraction of sp³-hybridized carbons (Fsp3) is 0.0833. The van der Waals surface area contributed by atoms with E-state index in [1.807, 2.05) is 66.7 Å². The number of hydrogen-bond acceptors (Lipinski definition) is 5. The second-order valence-electron chi connectivity index (χ2n) is 6.65. The lowest BCUT2D eigenvalue weighted by atomic mass is 10.1. The molecule has 3 aromatic rings. The molecule has 0 aliphatic carbocycles. The number of rotatable bonds is 6. The molecule has 4 rings (SSSR count). The van der Waals surface area contributed by atoms with Crippen molar-refractivity contribution >= 4 is 56.5 Å². The standard InChI is InChI=1S/C24H17BrINO4/c1-29-21-13-16(11-19(26)22(21)30-14-15-6-5-9-18(25)10-15)12-20-24(28)31-23(27-20)17-7-3-2-4-8-17/h2-13H,14H2,1H3/b20-12-. The van der Waals surface area contributed by atoms with Crippen LogP contribution in [0.25, 0.3) is 6.08 Å². The van der Waals surface area contributed by atoms with Crippen molar-refractivity contribution in [1.29, 1.82) is 0 Å². The van der Waals surface area contributed by atoms with Gasteiger partial charge < -0.3 is 14.2 Å². The minimum Gasteiger partial charge on any atom is -0.493 e. The average molecular weight is 590 g/mol. The third-order valence-corrected chi connectivity index (χ3v) is 5.76. The summed E-state index contributed by atoms with van der Waals surface area (Å²) in [5.41, 5.74) is 2.79. The molecule has 1 aliphatic rings. The maximum Gasteiger partial charge on any atom is 0.363 e. The van der Waals surface area contributed by atoms with Crippen molar-refractivity contribution in [2.45, 2.75) is 6.61 Å². The Bertz CT molecular complexity index is 1190. The number of cyclic esters (lactones) is 1. The van der Waals surface area contributed by atoms with Crippen LogP contribution < -0.4 is 9.47 Å². The zero-order valence-electron chi connectivity index (χ0n) is 16.5. The van der Waals surface area contributed by atoms with Crippen molar-refractivity contribution in [2.24, 2.45) is 4.99 Å². The quantitative estimate of drug-likeness (QED) is 0.201. The zero-order valence-corrected chi connectivity index (χ0v) is 20.2. The molecule has 0 radical (unpaired) electrons. The minimum atomic E-state index is -0.484. The van der Waals surface area contributed by atoms with Crippen LogP contribution in [-0.2, 0) is 16.1 Å². The Labute approximate surface area is 202 Å². The van der Waals surface area contributed by atoms with Crippen molar-refractivity contribution < 1.29 is 19.0 Å². The van der Waals surface area contributed by atoms with Gasteiger partial charge in [0.05, 0.1) is 10.7 Å². The van der Waals surface area contributed by atoms with Crippen LogP contribution in [0.1, 0.15) is 16.7 Å². The van der Waals surface area contributed by atoms with Crippen LogP contribution in [0.4, 0.5) is 0 Å². The predicted octanol–water partition coefficient (Wildman–Crippen LogP) is 5.99. The molecule has 0 amide bonds. The summed E-state index contributed by atoms with van der Waals surface area (Å²) in [5.74, 6) is 1.04. The lowest BCUT2D eigenvalue weighted by Gasteiger charge is -2.14.